The van der Waals surface area contributed by atoms with Crippen molar-refractivity contribution in [2.24, 2.45) is 5.92 Å². The minimum atomic E-state index is -1.12. The number of hydrogen-bond acceptors (Lipinski definition) is 3. The van der Waals surface area contributed by atoms with Gasteiger partial charge in [0.05, 0.1) is 0 Å². The predicted molar refractivity (Wildman–Crippen MR) is 103 cm³/mol. The van der Waals surface area contributed by atoms with Gasteiger partial charge in [0.2, 0.25) is 0 Å². The van der Waals surface area contributed by atoms with E-state index >= 15 is 0 Å². The molecule has 1 N–H and O–H groups in total. The molecule has 0 spiro atoms. The zero-order valence-electron chi connectivity index (χ0n) is 15.6. The zero-order chi connectivity index (χ0) is 19.6. The number of ketones is 1. The SMILES string of the molecule is CCN(CCCCC(C(=O)O)C(=O)c1ccc(F)cc1)Cc1ccccc1. The van der Waals surface area contributed by atoms with Crippen LogP contribution in [0.15, 0.2) is 54.6 Å². The lowest BCUT2D eigenvalue weighted by Crippen LogP contribution is -2.26. The summed E-state index contributed by atoms with van der Waals surface area (Å²) in [5, 5.41) is 9.40. The smallest absolute Gasteiger partial charge is 0.314 e. The molecule has 27 heavy (non-hydrogen) atoms. The van der Waals surface area contributed by atoms with Crippen LogP contribution < -0.4 is 0 Å². The van der Waals surface area contributed by atoms with Gasteiger partial charge in [-0.1, -0.05) is 43.7 Å². The molecule has 0 amide bonds. The number of halogens is 1. The molecule has 0 saturated carbocycles. The van der Waals surface area contributed by atoms with E-state index in [-0.39, 0.29) is 12.0 Å². The van der Waals surface area contributed by atoms with Crippen LogP contribution in [0.1, 0.15) is 42.1 Å². The fourth-order valence-electron chi connectivity index (χ4n) is 3.06. The lowest BCUT2D eigenvalue weighted by atomic mass is 9.92. The molecular formula is C22H26FNO3. The van der Waals surface area contributed by atoms with Crippen molar-refractivity contribution in [3.05, 3.63) is 71.5 Å². The van der Waals surface area contributed by atoms with Gasteiger partial charge in [-0.2, -0.15) is 0 Å². The minimum Gasteiger partial charge on any atom is -0.481 e. The summed E-state index contributed by atoms with van der Waals surface area (Å²) >= 11 is 0. The molecule has 0 aliphatic carbocycles. The molecule has 0 heterocycles. The summed E-state index contributed by atoms with van der Waals surface area (Å²) in [7, 11) is 0. The van der Waals surface area contributed by atoms with Gasteiger partial charge in [-0.15, -0.1) is 0 Å². The molecule has 144 valence electrons. The summed E-state index contributed by atoms with van der Waals surface area (Å²) in [6.45, 7) is 4.71. The Morgan fingerprint density at radius 2 is 1.70 bits per heavy atom. The number of benzene rings is 2. The summed E-state index contributed by atoms with van der Waals surface area (Å²) in [5.41, 5.74) is 1.48. The molecule has 4 nitrogen and oxygen atoms in total. The van der Waals surface area contributed by atoms with E-state index in [2.05, 4.69) is 24.0 Å². The second kappa shape index (κ2) is 10.6. The Bertz CT molecular complexity index is 731. The van der Waals surface area contributed by atoms with Crippen molar-refractivity contribution < 1.29 is 19.1 Å². The van der Waals surface area contributed by atoms with Crippen LogP contribution in [0.5, 0.6) is 0 Å². The molecule has 0 radical (unpaired) electrons. The van der Waals surface area contributed by atoms with Crippen molar-refractivity contribution in [3.8, 4) is 0 Å². The highest BCUT2D eigenvalue weighted by atomic mass is 19.1. The predicted octanol–water partition coefficient (Wildman–Crippen LogP) is 4.40. The molecule has 0 aliphatic heterocycles. The maximum Gasteiger partial charge on any atom is 0.314 e. The van der Waals surface area contributed by atoms with Gasteiger partial charge in [0.25, 0.3) is 0 Å². The van der Waals surface area contributed by atoms with Crippen molar-refractivity contribution in [2.45, 2.75) is 32.7 Å². The van der Waals surface area contributed by atoms with E-state index in [0.717, 1.165) is 26.1 Å². The number of nitrogens with zero attached hydrogens (tertiary/aromatic N) is 1. The fourth-order valence-corrected chi connectivity index (χ4v) is 3.06. The molecule has 0 aliphatic rings. The molecular weight excluding hydrogens is 345 g/mol. The first kappa shape index (κ1) is 20.8. The molecule has 0 bridgehead atoms. The Labute approximate surface area is 159 Å². The third kappa shape index (κ3) is 6.61. The number of rotatable bonds is 11. The quantitative estimate of drug-likeness (QED) is 0.361. The third-order valence-electron chi connectivity index (χ3n) is 4.66. The first-order valence-electron chi connectivity index (χ1n) is 9.30. The van der Waals surface area contributed by atoms with Crippen molar-refractivity contribution >= 4 is 11.8 Å². The second-order valence-corrected chi connectivity index (χ2v) is 6.61. The monoisotopic (exact) mass is 371 g/mol. The number of hydrogen-bond donors (Lipinski definition) is 1. The van der Waals surface area contributed by atoms with Gasteiger partial charge < -0.3 is 5.11 Å². The van der Waals surface area contributed by atoms with E-state index in [4.69, 9.17) is 0 Å². The number of carbonyl (C=O) groups is 2. The highest BCUT2D eigenvalue weighted by Gasteiger charge is 2.26. The molecule has 0 aromatic heterocycles. The maximum absolute atomic E-state index is 13.0. The van der Waals surface area contributed by atoms with Gasteiger partial charge in [-0.3, -0.25) is 14.5 Å². The van der Waals surface area contributed by atoms with E-state index in [1.165, 1.54) is 29.8 Å². The maximum atomic E-state index is 13.0. The van der Waals surface area contributed by atoms with Crippen LogP contribution >= 0.6 is 0 Å². The Hall–Kier alpha value is -2.53. The second-order valence-electron chi connectivity index (χ2n) is 6.61. The summed E-state index contributed by atoms with van der Waals surface area (Å²) in [6.07, 6.45) is 1.75. The van der Waals surface area contributed by atoms with Crippen LogP contribution in [0.2, 0.25) is 0 Å². The lowest BCUT2D eigenvalue weighted by Gasteiger charge is -2.20. The first-order chi connectivity index (χ1) is 13.0. The summed E-state index contributed by atoms with van der Waals surface area (Å²) in [5.74, 6) is -3.11. The Kier molecular flexibility index (Phi) is 8.14. The van der Waals surface area contributed by atoms with E-state index in [9.17, 15) is 19.1 Å². The average molecular weight is 371 g/mol. The Morgan fingerprint density at radius 1 is 1.04 bits per heavy atom. The third-order valence-corrected chi connectivity index (χ3v) is 4.66. The Morgan fingerprint density at radius 3 is 2.30 bits per heavy atom. The van der Waals surface area contributed by atoms with Crippen LogP contribution in [-0.2, 0) is 11.3 Å². The van der Waals surface area contributed by atoms with Gasteiger partial charge in [-0.05, 0) is 55.8 Å². The van der Waals surface area contributed by atoms with Crippen LogP contribution in [-0.4, -0.2) is 34.8 Å². The topological polar surface area (TPSA) is 57.6 Å². The Balaban J connectivity index is 1.84. The molecule has 5 heteroatoms. The summed E-state index contributed by atoms with van der Waals surface area (Å²) < 4.78 is 13.0. The molecule has 0 fully saturated rings. The lowest BCUT2D eigenvalue weighted by molar-refractivity contribution is -0.140. The van der Waals surface area contributed by atoms with Gasteiger partial charge in [0, 0.05) is 12.1 Å². The average Bonchev–Trinajstić information content (AvgIpc) is 2.67. The largest absolute Gasteiger partial charge is 0.481 e. The van der Waals surface area contributed by atoms with Crippen molar-refractivity contribution in [1.82, 2.24) is 4.90 Å². The van der Waals surface area contributed by atoms with Crippen LogP contribution in [0, 0.1) is 11.7 Å². The van der Waals surface area contributed by atoms with E-state index in [1.807, 2.05) is 18.2 Å². The van der Waals surface area contributed by atoms with Crippen LogP contribution in [0.3, 0.4) is 0 Å². The number of carboxylic acids is 1. The first-order valence-corrected chi connectivity index (χ1v) is 9.30. The highest BCUT2D eigenvalue weighted by molar-refractivity contribution is 6.08. The molecule has 1 unspecified atom stereocenters. The fraction of sp³-hybridized carbons (Fsp3) is 0.364. The summed E-state index contributed by atoms with van der Waals surface area (Å²) in [4.78, 5) is 26.2. The van der Waals surface area contributed by atoms with Gasteiger partial charge in [0.1, 0.15) is 11.7 Å². The number of carbonyl (C=O) groups excluding carboxylic acids is 1. The van der Waals surface area contributed by atoms with Gasteiger partial charge in [-0.25, -0.2) is 4.39 Å². The van der Waals surface area contributed by atoms with Crippen LogP contribution in [0.25, 0.3) is 0 Å². The minimum absolute atomic E-state index is 0.239. The number of unbranched alkanes of at least 4 members (excludes halogenated alkanes) is 1. The van der Waals surface area contributed by atoms with Crippen molar-refractivity contribution in [2.75, 3.05) is 13.1 Å². The number of Topliss-reactive ketones (excluding diaryl/α,β-unsaturated/α-hetero) is 1. The zero-order valence-corrected chi connectivity index (χ0v) is 15.6. The normalized spacial score (nSPS) is 12.1. The van der Waals surface area contributed by atoms with Crippen molar-refractivity contribution in [3.63, 3.8) is 0 Å². The van der Waals surface area contributed by atoms with Crippen molar-refractivity contribution in [1.29, 1.82) is 0 Å². The summed E-state index contributed by atoms with van der Waals surface area (Å²) in [6, 6.07) is 15.2. The van der Waals surface area contributed by atoms with Crippen LogP contribution in [0.4, 0.5) is 4.39 Å². The van der Waals surface area contributed by atoms with Gasteiger partial charge >= 0.3 is 5.97 Å². The molecule has 2 aromatic carbocycles. The number of carboxylic acid groups (broad SMARTS) is 1. The highest BCUT2D eigenvalue weighted by Crippen LogP contribution is 2.17. The number of aliphatic carboxylic acids is 1. The molecule has 0 saturated heterocycles. The van der Waals surface area contributed by atoms with E-state index in [0.29, 0.717) is 6.42 Å². The van der Waals surface area contributed by atoms with E-state index in [1.54, 1.807) is 0 Å². The molecule has 2 aromatic rings. The molecule has 1 atom stereocenters. The van der Waals surface area contributed by atoms with E-state index < -0.39 is 23.5 Å². The van der Waals surface area contributed by atoms with Gasteiger partial charge in [0.15, 0.2) is 5.78 Å². The molecule has 2 rings (SSSR count). The standard InChI is InChI=1S/C22H26FNO3/c1-2-24(16-17-8-4-3-5-9-17)15-7-6-10-20(22(26)27)21(25)18-11-13-19(23)14-12-18/h3-5,8-9,11-14,20H,2,6-7,10,15-16H2,1H3,(H,26,27).